The fourth-order valence-electron chi connectivity index (χ4n) is 3.62. The molecule has 1 saturated carbocycles. The van der Waals surface area contributed by atoms with Crippen LogP contribution >= 0.6 is 11.8 Å². The van der Waals surface area contributed by atoms with Crippen LogP contribution < -0.4 is 10.1 Å². The number of amides is 1. The van der Waals surface area contributed by atoms with Gasteiger partial charge in [0.05, 0.1) is 12.4 Å². The second kappa shape index (κ2) is 8.11. The second-order valence-electron chi connectivity index (χ2n) is 7.64. The second-order valence-corrected chi connectivity index (χ2v) is 8.94. The molecule has 1 atom stereocenters. The number of ether oxygens (including phenoxy) is 1. The molecule has 2 aromatic heterocycles. The van der Waals surface area contributed by atoms with Gasteiger partial charge in [0.1, 0.15) is 5.75 Å². The van der Waals surface area contributed by atoms with Gasteiger partial charge in [0, 0.05) is 40.5 Å². The fraction of sp³-hybridized carbons (Fsp3) is 0.261. The van der Waals surface area contributed by atoms with Crippen molar-refractivity contribution in [1.29, 1.82) is 0 Å². The van der Waals surface area contributed by atoms with Gasteiger partial charge in [0.25, 0.3) is 0 Å². The average molecular weight is 434 g/mol. The number of nitrogens with zero attached hydrogens (tertiary/aromatic N) is 3. The molecule has 8 heteroatoms. The smallest absolute Gasteiger partial charge is 0.237 e. The van der Waals surface area contributed by atoms with Gasteiger partial charge >= 0.3 is 0 Å². The first-order valence-corrected chi connectivity index (χ1v) is 11.1. The summed E-state index contributed by atoms with van der Waals surface area (Å²) >= 11 is 1.44. The molecule has 1 fully saturated rings. The topological polar surface area (TPSA) is 84.8 Å². The number of carbonyl (C=O) groups excluding carboxylic acids is 1. The van der Waals surface area contributed by atoms with Crippen LogP contribution in [0.5, 0.6) is 5.75 Å². The van der Waals surface area contributed by atoms with Crippen LogP contribution in [0.2, 0.25) is 0 Å². The number of hydrogen-bond acceptors (Lipinski definition) is 5. The lowest BCUT2D eigenvalue weighted by molar-refractivity contribution is -0.115. The predicted molar refractivity (Wildman–Crippen MR) is 123 cm³/mol. The Morgan fingerprint density at radius 2 is 2.06 bits per heavy atom. The molecule has 2 N–H and O–H groups in total. The molecular weight excluding hydrogens is 410 g/mol. The van der Waals surface area contributed by atoms with Gasteiger partial charge in [-0.3, -0.25) is 9.36 Å². The van der Waals surface area contributed by atoms with E-state index in [-0.39, 0.29) is 11.2 Å². The summed E-state index contributed by atoms with van der Waals surface area (Å²) in [6, 6.07) is 15.9. The van der Waals surface area contributed by atoms with Crippen molar-refractivity contribution < 1.29 is 9.53 Å². The number of para-hydroxylation sites is 1. The largest absolute Gasteiger partial charge is 0.497 e. The van der Waals surface area contributed by atoms with Crippen molar-refractivity contribution in [2.45, 2.75) is 36.2 Å². The number of nitrogens with one attached hydrogen (secondary N) is 2. The van der Waals surface area contributed by atoms with Crippen molar-refractivity contribution in [3.63, 3.8) is 0 Å². The van der Waals surface area contributed by atoms with E-state index in [4.69, 9.17) is 4.74 Å². The molecule has 7 nitrogen and oxygen atoms in total. The summed E-state index contributed by atoms with van der Waals surface area (Å²) in [5.74, 6) is 1.47. The van der Waals surface area contributed by atoms with E-state index in [1.165, 1.54) is 11.8 Å². The van der Waals surface area contributed by atoms with Gasteiger partial charge in [-0.2, -0.15) is 0 Å². The molecule has 0 spiro atoms. The number of aromatic nitrogens is 4. The number of carbonyl (C=O) groups is 1. The Bertz CT molecular complexity index is 1240. The van der Waals surface area contributed by atoms with Crippen LogP contribution in [0.4, 0.5) is 5.69 Å². The van der Waals surface area contributed by atoms with Gasteiger partial charge in [-0.1, -0.05) is 36.0 Å². The maximum atomic E-state index is 12.8. The number of fused-ring (bicyclic) bond motifs is 1. The number of hydrogen-bond donors (Lipinski definition) is 2. The summed E-state index contributed by atoms with van der Waals surface area (Å²) < 4.78 is 7.42. The van der Waals surface area contributed by atoms with Gasteiger partial charge in [-0.05, 0) is 38.0 Å². The zero-order valence-corrected chi connectivity index (χ0v) is 18.1. The van der Waals surface area contributed by atoms with Crippen molar-refractivity contribution >= 4 is 34.3 Å². The Hall–Kier alpha value is -3.26. The van der Waals surface area contributed by atoms with Crippen LogP contribution in [0.1, 0.15) is 25.8 Å². The number of H-pyrrole nitrogens is 1. The molecule has 0 aliphatic heterocycles. The molecule has 0 radical (unpaired) electrons. The summed E-state index contributed by atoms with van der Waals surface area (Å²) in [5.41, 5.74) is 2.82. The Morgan fingerprint density at radius 1 is 1.23 bits per heavy atom. The van der Waals surface area contributed by atoms with E-state index < -0.39 is 0 Å². The monoisotopic (exact) mass is 433 g/mol. The molecule has 0 bridgehead atoms. The molecule has 4 aromatic rings. The van der Waals surface area contributed by atoms with E-state index in [0.29, 0.717) is 17.5 Å². The van der Waals surface area contributed by atoms with Crippen molar-refractivity contribution in [1.82, 2.24) is 19.7 Å². The minimum Gasteiger partial charge on any atom is -0.497 e. The third kappa shape index (κ3) is 3.90. The quantitative estimate of drug-likeness (QED) is 0.406. The average Bonchev–Trinajstić information content (AvgIpc) is 3.41. The highest BCUT2D eigenvalue weighted by molar-refractivity contribution is 8.00. The van der Waals surface area contributed by atoms with Crippen LogP contribution in [-0.2, 0) is 4.79 Å². The SMILES string of the molecule is COc1cccc(NC(=O)C(C)Sc2nnc(-c3c[nH]c4ccccc34)n2C2CC2)c1. The minimum atomic E-state index is -0.330. The van der Waals surface area contributed by atoms with Crippen molar-refractivity contribution in [3.05, 3.63) is 54.7 Å². The van der Waals surface area contributed by atoms with Crippen LogP contribution in [0.15, 0.2) is 59.9 Å². The zero-order valence-electron chi connectivity index (χ0n) is 17.3. The molecule has 0 saturated heterocycles. The lowest BCUT2D eigenvalue weighted by atomic mass is 10.1. The number of anilines is 1. The summed E-state index contributed by atoms with van der Waals surface area (Å²) in [4.78, 5) is 16.1. The van der Waals surface area contributed by atoms with Gasteiger partial charge in [-0.15, -0.1) is 10.2 Å². The highest BCUT2D eigenvalue weighted by Crippen LogP contribution is 2.42. The van der Waals surface area contributed by atoms with E-state index in [0.717, 1.165) is 40.3 Å². The van der Waals surface area contributed by atoms with Gasteiger partial charge in [0.15, 0.2) is 11.0 Å². The Kier molecular flexibility index (Phi) is 5.15. The summed E-state index contributed by atoms with van der Waals surface area (Å²) in [7, 11) is 1.61. The first kappa shape index (κ1) is 19.7. The molecule has 2 heterocycles. The van der Waals surface area contributed by atoms with E-state index in [2.05, 4.69) is 37.2 Å². The van der Waals surface area contributed by atoms with Gasteiger partial charge < -0.3 is 15.0 Å². The van der Waals surface area contributed by atoms with Crippen LogP contribution in [0, 0.1) is 0 Å². The third-order valence-electron chi connectivity index (χ3n) is 5.40. The standard InChI is InChI=1S/C23H23N5O2S/c1-14(22(29)25-15-6-5-7-17(12-15)30-2)31-23-27-26-21(28(23)16-10-11-16)19-13-24-20-9-4-3-8-18(19)20/h3-9,12-14,16,24H,10-11H2,1-2H3,(H,25,29). The highest BCUT2D eigenvalue weighted by atomic mass is 32.2. The van der Waals surface area contributed by atoms with E-state index in [1.54, 1.807) is 13.2 Å². The molecule has 1 amide bonds. The maximum Gasteiger partial charge on any atom is 0.237 e. The van der Waals surface area contributed by atoms with E-state index in [9.17, 15) is 4.79 Å². The summed E-state index contributed by atoms with van der Waals surface area (Å²) in [6.07, 6.45) is 4.19. The molecule has 158 valence electrons. The number of aromatic amines is 1. The minimum absolute atomic E-state index is 0.0859. The van der Waals surface area contributed by atoms with Gasteiger partial charge in [-0.25, -0.2) is 0 Å². The predicted octanol–water partition coefficient (Wildman–Crippen LogP) is 4.89. The van der Waals surface area contributed by atoms with Crippen molar-refractivity contribution in [2.24, 2.45) is 0 Å². The molecule has 5 rings (SSSR count). The molecule has 2 aromatic carbocycles. The van der Waals surface area contributed by atoms with Crippen LogP contribution in [0.3, 0.4) is 0 Å². The number of methoxy groups -OCH3 is 1. The third-order valence-corrected chi connectivity index (χ3v) is 6.45. The Labute approximate surface area is 184 Å². The number of thioether (sulfide) groups is 1. The normalized spacial score (nSPS) is 14.5. The first-order chi connectivity index (χ1) is 15.1. The molecular formula is C23H23N5O2S. The molecule has 31 heavy (non-hydrogen) atoms. The van der Waals surface area contributed by atoms with Crippen LogP contribution in [-0.4, -0.2) is 38.0 Å². The molecule has 1 aliphatic carbocycles. The lowest BCUT2D eigenvalue weighted by Gasteiger charge is -2.13. The van der Waals surface area contributed by atoms with Gasteiger partial charge in [0.2, 0.25) is 5.91 Å². The highest BCUT2D eigenvalue weighted by Gasteiger charge is 2.32. The van der Waals surface area contributed by atoms with Crippen molar-refractivity contribution in [2.75, 3.05) is 12.4 Å². The Balaban J connectivity index is 1.39. The maximum absolute atomic E-state index is 12.8. The fourth-order valence-corrected chi connectivity index (χ4v) is 4.54. The van der Waals surface area contributed by atoms with E-state index >= 15 is 0 Å². The van der Waals surface area contributed by atoms with Crippen LogP contribution in [0.25, 0.3) is 22.3 Å². The number of rotatable bonds is 7. The van der Waals surface area contributed by atoms with Crippen molar-refractivity contribution in [3.8, 4) is 17.1 Å². The lowest BCUT2D eigenvalue weighted by Crippen LogP contribution is -2.23. The molecule has 1 aliphatic rings. The first-order valence-electron chi connectivity index (χ1n) is 10.3. The number of benzene rings is 2. The van der Waals surface area contributed by atoms with E-state index in [1.807, 2.05) is 43.5 Å². The molecule has 1 unspecified atom stereocenters. The Morgan fingerprint density at radius 3 is 2.87 bits per heavy atom. The summed E-state index contributed by atoms with van der Waals surface area (Å²) in [6.45, 7) is 1.89. The summed E-state index contributed by atoms with van der Waals surface area (Å²) in [5, 5.41) is 13.5. The zero-order chi connectivity index (χ0) is 21.4.